The summed E-state index contributed by atoms with van der Waals surface area (Å²) in [5.41, 5.74) is -0.882. The number of nitrogens with zero attached hydrogens (tertiary/aromatic N) is 1. The van der Waals surface area contributed by atoms with Crippen LogP contribution in [0.1, 0.15) is 59.0 Å². The quantitative estimate of drug-likeness (QED) is 0.709. The predicted molar refractivity (Wildman–Crippen MR) is 116 cm³/mol. The Bertz CT molecular complexity index is 1130. The highest BCUT2D eigenvalue weighted by Gasteiger charge is 2.55. The van der Waals surface area contributed by atoms with Crippen molar-refractivity contribution >= 4 is 28.7 Å². The molecule has 0 saturated carbocycles. The van der Waals surface area contributed by atoms with Gasteiger partial charge >= 0.3 is 0 Å². The molecule has 3 unspecified atom stereocenters. The summed E-state index contributed by atoms with van der Waals surface area (Å²) in [6.07, 6.45) is 0.00507. The lowest BCUT2D eigenvalue weighted by molar-refractivity contribution is 0.00592. The first-order valence-corrected chi connectivity index (χ1v) is 9.99. The Labute approximate surface area is 175 Å². The Morgan fingerprint density at radius 2 is 1.50 bits per heavy atom. The number of aliphatic hydroxyl groups is 2. The Hall–Kier alpha value is -2.83. The fourth-order valence-corrected chi connectivity index (χ4v) is 4.23. The smallest absolute Gasteiger partial charge is 0.202 e. The van der Waals surface area contributed by atoms with Crippen LogP contribution in [0.4, 0.5) is 11.4 Å². The van der Waals surface area contributed by atoms with Crippen LogP contribution in [0.15, 0.2) is 41.4 Å². The van der Waals surface area contributed by atoms with Crippen molar-refractivity contribution in [3.05, 3.63) is 58.7 Å². The summed E-state index contributed by atoms with van der Waals surface area (Å²) >= 11 is 0. The zero-order chi connectivity index (χ0) is 22.1. The number of aryl methyl sites for hydroxylation is 2. The van der Waals surface area contributed by atoms with Crippen LogP contribution in [0.5, 0.6) is 0 Å². The van der Waals surface area contributed by atoms with Crippen LogP contribution < -0.4 is 5.32 Å². The van der Waals surface area contributed by atoms with Gasteiger partial charge in [0.1, 0.15) is 5.60 Å². The maximum absolute atomic E-state index is 13.2. The molecule has 3 N–H and O–H groups in total. The van der Waals surface area contributed by atoms with Gasteiger partial charge in [0.15, 0.2) is 11.4 Å². The molecule has 2 aliphatic heterocycles. The number of hydrogen-bond acceptors (Lipinski definition) is 6. The molecule has 3 atom stereocenters. The third kappa shape index (κ3) is 2.82. The molecule has 0 saturated heterocycles. The lowest BCUT2D eigenvalue weighted by Gasteiger charge is -2.48. The molecule has 0 radical (unpaired) electrons. The van der Waals surface area contributed by atoms with Crippen molar-refractivity contribution in [3.8, 4) is 0 Å². The number of ketones is 2. The molecule has 4 rings (SSSR count). The molecule has 0 aromatic heterocycles. The molecule has 0 bridgehead atoms. The minimum absolute atomic E-state index is 0.00507. The van der Waals surface area contributed by atoms with E-state index in [2.05, 4.69) is 10.3 Å². The first kappa shape index (κ1) is 20.4. The van der Waals surface area contributed by atoms with E-state index in [1.54, 1.807) is 31.2 Å². The molecule has 0 spiro atoms. The first-order chi connectivity index (χ1) is 13.9. The van der Waals surface area contributed by atoms with Crippen molar-refractivity contribution < 1.29 is 19.8 Å². The second-order valence-corrected chi connectivity index (χ2v) is 9.06. The highest BCUT2D eigenvalue weighted by Crippen LogP contribution is 2.42. The zero-order valence-corrected chi connectivity index (χ0v) is 17.8. The van der Waals surface area contributed by atoms with Crippen molar-refractivity contribution in [1.82, 2.24) is 0 Å². The van der Waals surface area contributed by atoms with Gasteiger partial charge in [-0.3, -0.25) is 14.6 Å². The van der Waals surface area contributed by atoms with Crippen molar-refractivity contribution in [2.75, 3.05) is 5.32 Å². The van der Waals surface area contributed by atoms with Gasteiger partial charge in [-0.1, -0.05) is 23.3 Å². The van der Waals surface area contributed by atoms with Crippen molar-refractivity contribution in [3.63, 3.8) is 0 Å². The molecule has 0 amide bonds. The van der Waals surface area contributed by atoms with Crippen LogP contribution >= 0.6 is 0 Å². The van der Waals surface area contributed by atoms with Crippen molar-refractivity contribution in [1.29, 1.82) is 0 Å². The molecular weight excluding hydrogens is 380 g/mol. The van der Waals surface area contributed by atoms with Gasteiger partial charge in [-0.2, -0.15) is 0 Å². The highest BCUT2D eigenvalue weighted by molar-refractivity contribution is 6.24. The molecule has 6 nitrogen and oxygen atoms in total. The van der Waals surface area contributed by atoms with Gasteiger partial charge in [-0.15, -0.1) is 0 Å². The Morgan fingerprint density at radius 3 is 2.17 bits per heavy atom. The van der Waals surface area contributed by atoms with E-state index < -0.39 is 28.3 Å². The molecule has 156 valence electrons. The van der Waals surface area contributed by atoms with E-state index >= 15 is 0 Å². The molecule has 2 heterocycles. The van der Waals surface area contributed by atoms with Crippen LogP contribution in [-0.2, 0) is 0 Å². The van der Waals surface area contributed by atoms with E-state index in [1.165, 1.54) is 13.8 Å². The third-order valence-corrected chi connectivity index (χ3v) is 6.52. The number of carbonyl (C=O) groups is 2. The number of Topliss-reactive ketones (excluding diaryl/α,β-unsaturated/α-hetero) is 2. The summed E-state index contributed by atoms with van der Waals surface area (Å²) < 4.78 is 0. The number of benzene rings is 2. The standard InChI is InChI=1S/C24H26N2O4/c1-13-6-8-17-15(10-13)20(27)23(4,29)19(25-17)12-22(3)24(5,30)21(28)16-11-14(2)7-9-18(16)26-22/h6-11,26,29-30H,12H2,1-5H3. The summed E-state index contributed by atoms with van der Waals surface area (Å²) in [6, 6.07) is 10.7. The Morgan fingerprint density at radius 1 is 0.900 bits per heavy atom. The van der Waals surface area contributed by atoms with Crippen molar-refractivity contribution in [2.24, 2.45) is 4.99 Å². The molecule has 2 aromatic rings. The lowest BCUT2D eigenvalue weighted by atomic mass is 9.68. The van der Waals surface area contributed by atoms with Crippen molar-refractivity contribution in [2.45, 2.75) is 57.8 Å². The monoisotopic (exact) mass is 406 g/mol. The fourth-order valence-electron chi connectivity index (χ4n) is 4.23. The first-order valence-electron chi connectivity index (χ1n) is 9.99. The van der Waals surface area contributed by atoms with Crippen LogP contribution in [0.25, 0.3) is 0 Å². The SMILES string of the molecule is Cc1ccc2c(c1)C(=O)C(C)(O)C(CC1(C)Nc3ccc(C)cc3C(=O)C1(C)O)=N2. The number of nitrogens with one attached hydrogen (secondary N) is 1. The number of aliphatic imine (C=N–C) groups is 1. The van der Waals surface area contributed by atoms with Gasteiger partial charge in [0, 0.05) is 23.2 Å². The lowest BCUT2D eigenvalue weighted by Crippen LogP contribution is -2.65. The maximum Gasteiger partial charge on any atom is 0.202 e. The van der Waals surface area contributed by atoms with Crippen LogP contribution in [0.2, 0.25) is 0 Å². The predicted octanol–water partition coefficient (Wildman–Crippen LogP) is 3.53. The summed E-state index contributed by atoms with van der Waals surface area (Å²) in [4.78, 5) is 30.8. The van der Waals surface area contributed by atoms with Gasteiger partial charge in [0.05, 0.1) is 16.9 Å². The molecule has 0 aliphatic carbocycles. The summed E-state index contributed by atoms with van der Waals surface area (Å²) in [7, 11) is 0. The fraction of sp³-hybridized carbons (Fsp3) is 0.375. The third-order valence-electron chi connectivity index (χ3n) is 6.52. The Kier molecular flexibility index (Phi) is 4.31. The minimum Gasteiger partial charge on any atom is -0.379 e. The van der Waals surface area contributed by atoms with Gasteiger partial charge < -0.3 is 15.5 Å². The number of fused-ring (bicyclic) bond motifs is 2. The minimum atomic E-state index is -1.84. The second kappa shape index (κ2) is 6.33. The van der Waals surface area contributed by atoms with Gasteiger partial charge in [-0.05, 0) is 58.9 Å². The summed E-state index contributed by atoms with van der Waals surface area (Å²) in [5.74, 6) is -0.839. The normalized spacial score (nSPS) is 30.3. The number of anilines is 1. The average Bonchev–Trinajstić information content (AvgIpc) is 2.66. The maximum atomic E-state index is 13.2. The van der Waals surface area contributed by atoms with Gasteiger partial charge in [-0.25, -0.2) is 0 Å². The molecule has 2 aliphatic rings. The van der Waals surface area contributed by atoms with Gasteiger partial charge in [0.25, 0.3) is 0 Å². The van der Waals surface area contributed by atoms with Crippen LogP contribution in [0.3, 0.4) is 0 Å². The van der Waals surface area contributed by atoms with E-state index in [1.807, 2.05) is 26.0 Å². The molecule has 0 fully saturated rings. The molecule has 6 heteroatoms. The molecule has 30 heavy (non-hydrogen) atoms. The van der Waals surface area contributed by atoms with Gasteiger partial charge in [0.2, 0.25) is 5.78 Å². The zero-order valence-electron chi connectivity index (χ0n) is 17.8. The highest BCUT2D eigenvalue weighted by atomic mass is 16.3. The molecular formula is C24H26N2O4. The van der Waals surface area contributed by atoms with E-state index in [0.29, 0.717) is 22.5 Å². The molecule has 2 aromatic carbocycles. The Balaban J connectivity index is 1.81. The average molecular weight is 406 g/mol. The number of hydrogen-bond donors (Lipinski definition) is 3. The van der Waals surface area contributed by atoms with E-state index in [-0.39, 0.29) is 12.1 Å². The summed E-state index contributed by atoms with van der Waals surface area (Å²) in [6.45, 7) is 8.34. The second-order valence-electron chi connectivity index (χ2n) is 9.06. The van der Waals surface area contributed by atoms with E-state index in [0.717, 1.165) is 11.1 Å². The van der Waals surface area contributed by atoms with Crippen LogP contribution in [-0.4, -0.2) is 44.2 Å². The number of carbonyl (C=O) groups excluding carboxylic acids is 2. The summed E-state index contributed by atoms with van der Waals surface area (Å²) in [5, 5.41) is 25.6. The largest absolute Gasteiger partial charge is 0.379 e. The topological polar surface area (TPSA) is 99.0 Å². The van der Waals surface area contributed by atoms with Crippen LogP contribution in [0, 0.1) is 13.8 Å². The van der Waals surface area contributed by atoms with E-state index in [9.17, 15) is 19.8 Å². The van der Waals surface area contributed by atoms with E-state index in [4.69, 9.17) is 0 Å². The number of rotatable bonds is 2.